The molecule has 0 aliphatic rings. The SMILES string of the molecule is Cc1cc(C(F)(F)F)ccc1C(F)F. The molecule has 0 aromatic heterocycles. The average Bonchev–Trinajstić information content (AvgIpc) is 2.01. The molecule has 78 valence electrons. The van der Waals surface area contributed by atoms with Crippen LogP contribution in [0.5, 0.6) is 0 Å². The number of hydrogen-bond donors (Lipinski definition) is 0. The third-order valence-corrected chi connectivity index (χ3v) is 1.83. The van der Waals surface area contributed by atoms with Crippen LogP contribution in [0.15, 0.2) is 18.2 Å². The smallest absolute Gasteiger partial charge is 0.205 e. The molecule has 1 aromatic carbocycles. The predicted octanol–water partition coefficient (Wildman–Crippen LogP) is 3.95. The van der Waals surface area contributed by atoms with Gasteiger partial charge < -0.3 is 0 Å². The zero-order valence-electron chi connectivity index (χ0n) is 7.20. The van der Waals surface area contributed by atoms with Gasteiger partial charge in [0.15, 0.2) is 0 Å². The van der Waals surface area contributed by atoms with E-state index in [9.17, 15) is 22.0 Å². The molecule has 1 aromatic rings. The maximum atomic E-state index is 12.2. The van der Waals surface area contributed by atoms with Crippen molar-refractivity contribution < 1.29 is 22.0 Å². The van der Waals surface area contributed by atoms with Gasteiger partial charge in [0, 0.05) is 5.56 Å². The first-order chi connectivity index (χ1) is 6.32. The second kappa shape index (κ2) is 3.55. The lowest BCUT2D eigenvalue weighted by molar-refractivity contribution is -0.137. The first-order valence-electron chi connectivity index (χ1n) is 3.78. The van der Waals surface area contributed by atoms with Crippen molar-refractivity contribution >= 4 is 0 Å². The molecule has 1 rings (SSSR count). The van der Waals surface area contributed by atoms with Gasteiger partial charge in [0.05, 0.1) is 5.56 Å². The van der Waals surface area contributed by atoms with Crippen molar-refractivity contribution in [1.82, 2.24) is 0 Å². The fourth-order valence-corrected chi connectivity index (χ4v) is 1.10. The molecule has 0 N–H and O–H groups in total. The summed E-state index contributed by atoms with van der Waals surface area (Å²) in [7, 11) is 0. The van der Waals surface area contributed by atoms with Gasteiger partial charge in [0.1, 0.15) is 0 Å². The van der Waals surface area contributed by atoms with Gasteiger partial charge in [-0.3, -0.25) is 0 Å². The molecule has 0 aliphatic heterocycles. The highest BCUT2D eigenvalue weighted by Crippen LogP contribution is 2.32. The normalized spacial score (nSPS) is 12.2. The van der Waals surface area contributed by atoms with E-state index in [4.69, 9.17) is 0 Å². The topological polar surface area (TPSA) is 0 Å². The van der Waals surface area contributed by atoms with Crippen LogP contribution in [0.25, 0.3) is 0 Å². The number of hydrogen-bond acceptors (Lipinski definition) is 0. The Balaban J connectivity index is 3.13. The van der Waals surface area contributed by atoms with Gasteiger partial charge >= 0.3 is 6.18 Å². The molecule has 0 bridgehead atoms. The first kappa shape index (κ1) is 10.9. The number of aryl methyl sites for hydroxylation is 1. The summed E-state index contributed by atoms with van der Waals surface area (Å²) in [5.41, 5.74) is -1.31. The highest BCUT2D eigenvalue weighted by Gasteiger charge is 2.31. The van der Waals surface area contributed by atoms with Crippen LogP contribution in [0.1, 0.15) is 23.1 Å². The highest BCUT2D eigenvalue weighted by atomic mass is 19.4. The van der Waals surface area contributed by atoms with E-state index in [-0.39, 0.29) is 11.1 Å². The Morgan fingerprint density at radius 1 is 1.14 bits per heavy atom. The number of benzene rings is 1. The van der Waals surface area contributed by atoms with Crippen LogP contribution in [0, 0.1) is 6.92 Å². The molecule has 0 saturated heterocycles. The fourth-order valence-electron chi connectivity index (χ4n) is 1.10. The van der Waals surface area contributed by atoms with E-state index in [2.05, 4.69) is 0 Å². The van der Waals surface area contributed by atoms with Gasteiger partial charge in [-0.05, 0) is 24.6 Å². The monoisotopic (exact) mass is 210 g/mol. The van der Waals surface area contributed by atoms with E-state index in [0.717, 1.165) is 12.1 Å². The van der Waals surface area contributed by atoms with Crippen LogP contribution in [-0.4, -0.2) is 0 Å². The summed E-state index contributed by atoms with van der Waals surface area (Å²) in [6, 6.07) is 2.19. The molecular formula is C9H7F5. The quantitative estimate of drug-likeness (QED) is 0.615. The third-order valence-electron chi connectivity index (χ3n) is 1.83. The number of rotatable bonds is 1. The zero-order chi connectivity index (χ0) is 10.9. The van der Waals surface area contributed by atoms with E-state index >= 15 is 0 Å². The van der Waals surface area contributed by atoms with Crippen molar-refractivity contribution in [3.8, 4) is 0 Å². The minimum absolute atomic E-state index is 0.0465. The van der Waals surface area contributed by atoms with Gasteiger partial charge in [-0.25, -0.2) is 8.78 Å². The molecule has 0 amide bonds. The van der Waals surface area contributed by atoms with E-state index in [0.29, 0.717) is 6.07 Å². The van der Waals surface area contributed by atoms with Crippen molar-refractivity contribution in [2.75, 3.05) is 0 Å². The first-order valence-corrected chi connectivity index (χ1v) is 3.78. The van der Waals surface area contributed by atoms with Gasteiger partial charge in [-0.2, -0.15) is 13.2 Å². The summed E-state index contributed by atoms with van der Waals surface area (Å²) in [6.07, 6.45) is -7.22. The molecule has 5 heteroatoms. The predicted molar refractivity (Wildman–Crippen MR) is 41.1 cm³/mol. The van der Waals surface area contributed by atoms with Gasteiger partial charge in [0.25, 0.3) is 6.43 Å². The maximum absolute atomic E-state index is 12.2. The molecule has 14 heavy (non-hydrogen) atoms. The molecule has 0 atom stereocenters. The lowest BCUT2D eigenvalue weighted by Crippen LogP contribution is -2.05. The molecule has 0 saturated carbocycles. The summed E-state index contributed by atoms with van der Waals surface area (Å²) in [6.45, 7) is 1.23. The zero-order valence-corrected chi connectivity index (χ0v) is 7.20. The molecule has 0 radical (unpaired) electrons. The molecule has 0 aliphatic carbocycles. The van der Waals surface area contributed by atoms with Crippen LogP contribution >= 0.6 is 0 Å². The summed E-state index contributed by atoms with van der Waals surface area (Å²) >= 11 is 0. The van der Waals surface area contributed by atoms with Crippen LogP contribution in [0.4, 0.5) is 22.0 Å². The Bertz CT molecular complexity index is 326. The van der Waals surface area contributed by atoms with Crippen molar-refractivity contribution in [2.24, 2.45) is 0 Å². The van der Waals surface area contributed by atoms with E-state index in [1.165, 1.54) is 6.92 Å². The van der Waals surface area contributed by atoms with Crippen LogP contribution < -0.4 is 0 Å². The Labute approximate surface area is 77.4 Å². The Morgan fingerprint density at radius 3 is 2.07 bits per heavy atom. The van der Waals surface area contributed by atoms with Crippen molar-refractivity contribution in [3.05, 3.63) is 34.9 Å². The molecule has 0 fully saturated rings. The number of halogens is 5. The molecule has 0 heterocycles. The van der Waals surface area contributed by atoms with Crippen molar-refractivity contribution in [1.29, 1.82) is 0 Å². The Morgan fingerprint density at radius 2 is 1.71 bits per heavy atom. The second-order valence-corrected chi connectivity index (χ2v) is 2.87. The lowest BCUT2D eigenvalue weighted by atomic mass is 10.1. The average molecular weight is 210 g/mol. The third kappa shape index (κ3) is 2.21. The fraction of sp³-hybridized carbons (Fsp3) is 0.333. The molecule has 0 nitrogen and oxygen atoms in total. The Hall–Kier alpha value is -1.13. The van der Waals surface area contributed by atoms with Crippen molar-refractivity contribution in [3.63, 3.8) is 0 Å². The lowest BCUT2D eigenvalue weighted by Gasteiger charge is -2.10. The summed E-state index contributed by atoms with van der Waals surface area (Å²) < 4.78 is 60.7. The van der Waals surface area contributed by atoms with E-state index in [1.54, 1.807) is 0 Å². The standard InChI is InChI=1S/C9H7F5/c1-5-4-6(9(12,13)14)2-3-7(5)8(10)11/h2-4,8H,1H3. The van der Waals surface area contributed by atoms with E-state index in [1.807, 2.05) is 0 Å². The molecular weight excluding hydrogens is 203 g/mol. The van der Waals surface area contributed by atoms with Crippen molar-refractivity contribution in [2.45, 2.75) is 19.5 Å². The maximum Gasteiger partial charge on any atom is 0.416 e. The van der Waals surface area contributed by atoms with E-state index < -0.39 is 18.2 Å². The molecule has 0 spiro atoms. The highest BCUT2D eigenvalue weighted by molar-refractivity contribution is 5.33. The minimum Gasteiger partial charge on any atom is -0.205 e. The van der Waals surface area contributed by atoms with Gasteiger partial charge in [-0.15, -0.1) is 0 Å². The van der Waals surface area contributed by atoms with Gasteiger partial charge in [-0.1, -0.05) is 6.07 Å². The van der Waals surface area contributed by atoms with Crippen LogP contribution in [0.2, 0.25) is 0 Å². The minimum atomic E-state index is -4.48. The second-order valence-electron chi connectivity index (χ2n) is 2.87. The largest absolute Gasteiger partial charge is 0.416 e. The van der Waals surface area contributed by atoms with Gasteiger partial charge in [0.2, 0.25) is 0 Å². The summed E-state index contributed by atoms with van der Waals surface area (Å²) in [5, 5.41) is 0. The van der Waals surface area contributed by atoms with Crippen LogP contribution in [0.3, 0.4) is 0 Å². The number of alkyl halides is 5. The molecule has 0 unspecified atom stereocenters. The Kier molecular flexibility index (Phi) is 2.78. The summed E-state index contributed by atoms with van der Waals surface area (Å²) in [5.74, 6) is 0. The summed E-state index contributed by atoms with van der Waals surface area (Å²) in [4.78, 5) is 0. The van der Waals surface area contributed by atoms with Crippen LogP contribution in [-0.2, 0) is 6.18 Å².